The maximum atomic E-state index is 12.2. The van der Waals surface area contributed by atoms with Crippen LogP contribution in [-0.2, 0) is 4.79 Å². The van der Waals surface area contributed by atoms with Crippen LogP contribution in [0.2, 0.25) is 0 Å². The molecule has 0 aromatic heterocycles. The van der Waals surface area contributed by atoms with Crippen molar-refractivity contribution in [1.29, 1.82) is 0 Å². The Labute approximate surface area is 93.0 Å². The fraction of sp³-hybridized carbons (Fsp3) is 0.917. The van der Waals surface area contributed by atoms with Gasteiger partial charge in [0.1, 0.15) is 0 Å². The highest BCUT2D eigenvalue weighted by molar-refractivity contribution is 5.82. The van der Waals surface area contributed by atoms with Crippen molar-refractivity contribution < 1.29 is 4.79 Å². The van der Waals surface area contributed by atoms with Gasteiger partial charge in [0.05, 0.1) is 5.41 Å². The van der Waals surface area contributed by atoms with Crippen molar-refractivity contribution in [1.82, 2.24) is 4.90 Å². The third kappa shape index (κ3) is 2.71. The lowest BCUT2D eigenvalue weighted by Gasteiger charge is -2.37. The molecule has 1 saturated heterocycles. The van der Waals surface area contributed by atoms with Crippen LogP contribution in [0.5, 0.6) is 0 Å². The molecule has 1 atom stereocenters. The molecule has 0 bridgehead atoms. The summed E-state index contributed by atoms with van der Waals surface area (Å²) < 4.78 is 0. The average molecular weight is 212 g/mol. The molecule has 0 aromatic rings. The summed E-state index contributed by atoms with van der Waals surface area (Å²) in [6.45, 7) is 8.55. The summed E-state index contributed by atoms with van der Waals surface area (Å²) in [4.78, 5) is 14.2. The molecule has 0 spiro atoms. The largest absolute Gasteiger partial charge is 0.342 e. The predicted molar refractivity (Wildman–Crippen MR) is 62.4 cm³/mol. The molecule has 0 saturated carbocycles. The van der Waals surface area contributed by atoms with Gasteiger partial charge < -0.3 is 10.6 Å². The van der Waals surface area contributed by atoms with Crippen molar-refractivity contribution in [2.45, 2.75) is 40.0 Å². The number of hydrogen-bond acceptors (Lipinski definition) is 2. The summed E-state index contributed by atoms with van der Waals surface area (Å²) in [6.07, 6.45) is 3.10. The highest BCUT2D eigenvalue weighted by Crippen LogP contribution is 2.26. The van der Waals surface area contributed by atoms with E-state index < -0.39 is 0 Å². The minimum absolute atomic E-state index is 0.249. The molecule has 1 aliphatic heterocycles. The fourth-order valence-electron chi connectivity index (χ4n) is 1.98. The van der Waals surface area contributed by atoms with E-state index in [1.807, 2.05) is 18.7 Å². The topological polar surface area (TPSA) is 46.3 Å². The Morgan fingerprint density at radius 3 is 2.40 bits per heavy atom. The zero-order chi connectivity index (χ0) is 11.5. The average Bonchev–Trinajstić information content (AvgIpc) is 2.28. The van der Waals surface area contributed by atoms with E-state index in [1.165, 1.54) is 0 Å². The van der Waals surface area contributed by atoms with Crippen molar-refractivity contribution in [3.8, 4) is 0 Å². The Morgan fingerprint density at radius 1 is 1.47 bits per heavy atom. The number of carbonyl (C=O) groups is 1. The molecule has 1 unspecified atom stereocenters. The van der Waals surface area contributed by atoms with Gasteiger partial charge in [0.15, 0.2) is 0 Å². The van der Waals surface area contributed by atoms with Gasteiger partial charge in [-0.2, -0.15) is 0 Å². The Balaban J connectivity index is 2.60. The van der Waals surface area contributed by atoms with Crippen molar-refractivity contribution in [2.75, 3.05) is 19.6 Å². The van der Waals surface area contributed by atoms with Crippen LogP contribution in [0.1, 0.15) is 40.0 Å². The van der Waals surface area contributed by atoms with Gasteiger partial charge in [-0.15, -0.1) is 0 Å². The van der Waals surface area contributed by atoms with Crippen molar-refractivity contribution in [2.24, 2.45) is 17.1 Å². The van der Waals surface area contributed by atoms with E-state index in [4.69, 9.17) is 5.73 Å². The maximum absolute atomic E-state index is 12.2. The van der Waals surface area contributed by atoms with Gasteiger partial charge in [-0.3, -0.25) is 4.79 Å². The van der Waals surface area contributed by atoms with Gasteiger partial charge in [-0.05, 0) is 32.1 Å². The van der Waals surface area contributed by atoms with Crippen LogP contribution in [0.4, 0.5) is 0 Å². The first kappa shape index (κ1) is 12.5. The Morgan fingerprint density at radius 2 is 2.00 bits per heavy atom. The van der Waals surface area contributed by atoms with Crippen LogP contribution in [-0.4, -0.2) is 30.4 Å². The monoisotopic (exact) mass is 212 g/mol. The number of hydrogen-bond donors (Lipinski definition) is 1. The third-order valence-electron chi connectivity index (χ3n) is 3.82. The second-order valence-corrected chi connectivity index (χ2v) is 5.09. The Kier molecular flexibility index (Phi) is 4.14. The van der Waals surface area contributed by atoms with Crippen LogP contribution in [0.25, 0.3) is 0 Å². The minimum Gasteiger partial charge on any atom is -0.342 e. The number of rotatable bonds is 3. The summed E-state index contributed by atoms with van der Waals surface area (Å²) in [5.74, 6) is 1.01. The van der Waals surface area contributed by atoms with E-state index in [1.54, 1.807) is 0 Å². The number of nitrogens with two attached hydrogens (primary N) is 1. The van der Waals surface area contributed by atoms with Crippen LogP contribution in [0, 0.1) is 11.3 Å². The molecular weight excluding hydrogens is 188 g/mol. The van der Waals surface area contributed by atoms with E-state index in [2.05, 4.69) is 6.92 Å². The zero-order valence-electron chi connectivity index (χ0n) is 10.3. The number of amides is 1. The third-order valence-corrected chi connectivity index (χ3v) is 3.82. The second kappa shape index (κ2) is 4.97. The van der Waals surface area contributed by atoms with Crippen LogP contribution in [0.15, 0.2) is 0 Å². The molecule has 1 amide bonds. The number of nitrogens with zero attached hydrogens (tertiary/aromatic N) is 1. The SMILES string of the molecule is CCC(C)(CN)C(=O)N1CCC(C)CC1. The summed E-state index contributed by atoms with van der Waals surface area (Å²) in [6, 6.07) is 0. The predicted octanol–water partition coefficient (Wildman–Crippen LogP) is 1.62. The van der Waals surface area contributed by atoms with E-state index in [0.29, 0.717) is 6.54 Å². The second-order valence-electron chi connectivity index (χ2n) is 5.09. The molecule has 3 nitrogen and oxygen atoms in total. The zero-order valence-corrected chi connectivity index (χ0v) is 10.3. The van der Waals surface area contributed by atoms with Crippen molar-refractivity contribution >= 4 is 5.91 Å². The first-order valence-corrected chi connectivity index (χ1v) is 6.03. The standard InChI is InChI=1S/C12H24N2O/c1-4-12(3,9-13)11(15)14-7-5-10(2)6-8-14/h10H,4-9,13H2,1-3H3. The summed E-state index contributed by atoms with van der Waals surface area (Å²) >= 11 is 0. The normalized spacial score (nSPS) is 22.5. The van der Waals surface area contributed by atoms with Gasteiger partial charge in [0, 0.05) is 19.6 Å². The Bertz CT molecular complexity index is 216. The molecule has 1 fully saturated rings. The molecule has 1 rings (SSSR count). The van der Waals surface area contributed by atoms with E-state index in [0.717, 1.165) is 38.3 Å². The molecule has 15 heavy (non-hydrogen) atoms. The molecule has 2 N–H and O–H groups in total. The molecule has 1 heterocycles. The molecular formula is C12H24N2O. The van der Waals surface area contributed by atoms with Crippen LogP contribution >= 0.6 is 0 Å². The molecule has 88 valence electrons. The van der Waals surface area contributed by atoms with Gasteiger partial charge in [-0.25, -0.2) is 0 Å². The van der Waals surface area contributed by atoms with Crippen LogP contribution < -0.4 is 5.73 Å². The smallest absolute Gasteiger partial charge is 0.229 e. The van der Waals surface area contributed by atoms with E-state index in [-0.39, 0.29) is 11.3 Å². The molecule has 0 radical (unpaired) electrons. The van der Waals surface area contributed by atoms with Gasteiger partial charge in [0.25, 0.3) is 0 Å². The van der Waals surface area contributed by atoms with Gasteiger partial charge >= 0.3 is 0 Å². The minimum atomic E-state index is -0.347. The first-order valence-electron chi connectivity index (χ1n) is 6.03. The lowest BCUT2D eigenvalue weighted by atomic mass is 9.85. The summed E-state index contributed by atoms with van der Waals surface area (Å²) in [7, 11) is 0. The molecule has 1 aliphatic rings. The molecule has 3 heteroatoms. The summed E-state index contributed by atoms with van der Waals surface area (Å²) in [5.41, 5.74) is 5.36. The molecule has 0 aromatic carbocycles. The molecule has 0 aliphatic carbocycles. The Hall–Kier alpha value is -0.570. The fourth-order valence-corrected chi connectivity index (χ4v) is 1.98. The van der Waals surface area contributed by atoms with Crippen LogP contribution in [0.3, 0.4) is 0 Å². The maximum Gasteiger partial charge on any atom is 0.229 e. The highest BCUT2D eigenvalue weighted by atomic mass is 16.2. The number of likely N-dealkylation sites (tertiary alicyclic amines) is 1. The first-order chi connectivity index (χ1) is 7.03. The quantitative estimate of drug-likeness (QED) is 0.772. The van der Waals surface area contributed by atoms with Crippen molar-refractivity contribution in [3.63, 3.8) is 0 Å². The number of carbonyl (C=O) groups excluding carboxylic acids is 1. The van der Waals surface area contributed by atoms with E-state index in [9.17, 15) is 4.79 Å². The number of piperidine rings is 1. The summed E-state index contributed by atoms with van der Waals surface area (Å²) in [5, 5.41) is 0. The highest BCUT2D eigenvalue weighted by Gasteiger charge is 2.34. The van der Waals surface area contributed by atoms with Gasteiger partial charge in [-0.1, -0.05) is 13.8 Å². The lowest BCUT2D eigenvalue weighted by Crippen LogP contribution is -2.48. The van der Waals surface area contributed by atoms with Crippen molar-refractivity contribution in [3.05, 3.63) is 0 Å². The van der Waals surface area contributed by atoms with Gasteiger partial charge in [0.2, 0.25) is 5.91 Å². The lowest BCUT2D eigenvalue weighted by molar-refractivity contribution is -0.142. The van der Waals surface area contributed by atoms with E-state index >= 15 is 0 Å².